The van der Waals surface area contributed by atoms with Crippen LogP contribution in [0.25, 0.3) is 16.8 Å². The van der Waals surface area contributed by atoms with Crippen molar-refractivity contribution in [3.05, 3.63) is 66.0 Å². The summed E-state index contributed by atoms with van der Waals surface area (Å²) in [5.74, 6) is 2.67. The Bertz CT molecular complexity index is 1480. The Labute approximate surface area is 228 Å². The lowest BCUT2D eigenvalue weighted by molar-refractivity contribution is -0.129. The van der Waals surface area contributed by atoms with E-state index >= 15 is 0 Å². The van der Waals surface area contributed by atoms with Gasteiger partial charge in [0.25, 0.3) is 0 Å². The Kier molecular flexibility index (Phi) is 7.32. The first-order chi connectivity index (χ1) is 18.8. The molecule has 9 nitrogen and oxygen atoms in total. The summed E-state index contributed by atoms with van der Waals surface area (Å²) in [6.07, 6.45) is 2.05. The van der Waals surface area contributed by atoms with Crippen molar-refractivity contribution in [2.45, 2.75) is 39.3 Å². The van der Waals surface area contributed by atoms with Crippen LogP contribution in [0.5, 0.6) is 23.1 Å². The number of benzene rings is 2. The largest absolute Gasteiger partial charge is 0.497 e. The molecule has 1 aliphatic rings. The molecule has 2 aromatic carbocycles. The van der Waals surface area contributed by atoms with Gasteiger partial charge in [0.05, 0.1) is 45.0 Å². The average Bonchev–Trinajstić information content (AvgIpc) is 3.54. The number of likely N-dealkylation sites (tertiary alicyclic amines) is 1. The molecule has 4 aromatic rings. The van der Waals surface area contributed by atoms with Crippen molar-refractivity contribution in [2.24, 2.45) is 5.92 Å². The van der Waals surface area contributed by atoms with E-state index in [2.05, 4.69) is 12.0 Å². The first-order valence-corrected chi connectivity index (χ1v) is 13.0. The van der Waals surface area contributed by atoms with Crippen molar-refractivity contribution >= 4 is 11.4 Å². The predicted octanol–water partition coefficient (Wildman–Crippen LogP) is 5.11. The van der Waals surface area contributed by atoms with Gasteiger partial charge in [0, 0.05) is 24.4 Å². The molecule has 0 radical (unpaired) electrons. The number of fused-ring (bicyclic) bond motifs is 1. The van der Waals surface area contributed by atoms with Gasteiger partial charge in [-0.1, -0.05) is 12.1 Å². The molecule has 2 aromatic heterocycles. The first-order valence-electron chi connectivity index (χ1n) is 13.0. The minimum absolute atomic E-state index is 0.0220. The number of carbonyl (C=O) groups excluding carboxylic acids is 1. The number of amides is 1. The summed E-state index contributed by atoms with van der Waals surface area (Å²) in [6.45, 7) is 6.60. The minimum Gasteiger partial charge on any atom is -0.497 e. The molecule has 1 aliphatic heterocycles. The van der Waals surface area contributed by atoms with E-state index in [4.69, 9.17) is 23.9 Å². The fourth-order valence-corrected chi connectivity index (χ4v) is 5.09. The van der Waals surface area contributed by atoms with Crippen molar-refractivity contribution in [3.63, 3.8) is 0 Å². The molecule has 5 rings (SSSR count). The van der Waals surface area contributed by atoms with E-state index in [1.165, 1.54) is 0 Å². The molecular formula is C30H34N4O5. The number of aryl methyl sites for hydroxylation is 1. The van der Waals surface area contributed by atoms with E-state index in [9.17, 15) is 4.79 Å². The Balaban J connectivity index is 1.39. The maximum Gasteiger partial charge on any atom is 0.240 e. The number of nitrogens with zero attached hydrogens (tertiary/aromatic N) is 4. The van der Waals surface area contributed by atoms with Gasteiger partial charge >= 0.3 is 0 Å². The van der Waals surface area contributed by atoms with Gasteiger partial charge in [-0.05, 0) is 62.7 Å². The lowest BCUT2D eigenvalue weighted by Crippen LogP contribution is -2.31. The summed E-state index contributed by atoms with van der Waals surface area (Å²) in [7, 11) is 4.85. The van der Waals surface area contributed by atoms with Crippen LogP contribution in [0.15, 0.2) is 54.7 Å². The van der Waals surface area contributed by atoms with E-state index in [0.29, 0.717) is 36.0 Å². The second-order valence-corrected chi connectivity index (χ2v) is 9.90. The maximum absolute atomic E-state index is 13.0. The van der Waals surface area contributed by atoms with Gasteiger partial charge in [-0.3, -0.25) is 4.79 Å². The summed E-state index contributed by atoms with van der Waals surface area (Å²) in [5.41, 5.74) is 4.23. The molecular weight excluding hydrogens is 496 g/mol. The normalized spacial score (nSPS) is 16.8. The lowest BCUT2D eigenvalue weighted by Gasteiger charge is -2.26. The number of hydrogen-bond acceptors (Lipinski definition) is 7. The Hall–Kier alpha value is -4.27. The molecule has 3 atom stereocenters. The van der Waals surface area contributed by atoms with Crippen molar-refractivity contribution in [1.82, 2.24) is 19.5 Å². The highest BCUT2D eigenvalue weighted by atomic mass is 16.5. The van der Waals surface area contributed by atoms with Crippen molar-refractivity contribution in [3.8, 4) is 34.4 Å². The maximum atomic E-state index is 13.0. The molecule has 0 bridgehead atoms. The fraction of sp³-hybridized carbons (Fsp3) is 0.367. The number of ether oxygens (including phenoxy) is 4. The van der Waals surface area contributed by atoms with Gasteiger partial charge in [0.2, 0.25) is 11.8 Å². The summed E-state index contributed by atoms with van der Waals surface area (Å²) in [6, 6.07) is 15.4. The zero-order chi connectivity index (χ0) is 27.7. The third kappa shape index (κ3) is 5.21. The van der Waals surface area contributed by atoms with Crippen LogP contribution in [0, 0.1) is 12.8 Å². The smallest absolute Gasteiger partial charge is 0.240 e. The second-order valence-electron chi connectivity index (χ2n) is 9.90. The molecule has 0 spiro atoms. The zero-order valence-corrected chi connectivity index (χ0v) is 23.2. The number of rotatable bonds is 9. The molecule has 204 valence electrons. The standard InChI is InChI=1S/C30H34N4O5/c1-18-13-26-30(31-25(17-34(26)32-18)22-9-12-27(37-5)28(14-22)38-6)39-20(3)23-15-29(35)33(16-23)19(2)21-7-10-24(36-4)11-8-21/h7-14,17,19-20,23H,15-16H2,1-6H3. The number of methoxy groups -OCH3 is 3. The van der Waals surface area contributed by atoms with E-state index < -0.39 is 0 Å². The minimum atomic E-state index is -0.242. The van der Waals surface area contributed by atoms with Gasteiger partial charge in [-0.2, -0.15) is 5.10 Å². The third-order valence-electron chi connectivity index (χ3n) is 7.44. The highest BCUT2D eigenvalue weighted by molar-refractivity contribution is 5.79. The number of aromatic nitrogens is 3. The van der Waals surface area contributed by atoms with Crippen LogP contribution < -0.4 is 18.9 Å². The topological polar surface area (TPSA) is 87.4 Å². The quantitative estimate of drug-likeness (QED) is 0.297. The van der Waals surface area contributed by atoms with Crippen LogP contribution >= 0.6 is 0 Å². The Morgan fingerprint density at radius 2 is 1.69 bits per heavy atom. The van der Waals surface area contributed by atoms with Gasteiger partial charge in [-0.15, -0.1) is 0 Å². The summed E-state index contributed by atoms with van der Waals surface area (Å²) in [4.78, 5) is 19.8. The average molecular weight is 531 g/mol. The molecule has 0 saturated carbocycles. The fourth-order valence-electron chi connectivity index (χ4n) is 5.09. The van der Waals surface area contributed by atoms with E-state index in [1.807, 2.05) is 73.5 Å². The van der Waals surface area contributed by atoms with Crippen LogP contribution in [0.2, 0.25) is 0 Å². The van der Waals surface area contributed by atoms with Crippen LogP contribution in [-0.4, -0.2) is 59.4 Å². The van der Waals surface area contributed by atoms with Crippen molar-refractivity contribution < 1.29 is 23.7 Å². The molecule has 1 fully saturated rings. The summed E-state index contributed by atoms with van der Waals surface area (Å²) >= 11 is 0. The molecule has 9 heteroatoms. The van der Waals surface area contributed by atoms with Crippen molar-refractivity contribution in [2.75, 3.05) is 27.9 Å². The molecule has 3 unspecified atom stereocenters. The van der Waals surface area contributed by atoms with Gasteiger partial charge in [0.1, 0.15) is 17.4 Å². The Morgan fingerprint density at radius 3 is 2.38 bits per heavy atom. The van der Waals surface area contributed by atoms with Gasteiger partial charge in [-0.25, -0.2) is 9.50 Å². The summed E-state index contributed by atoms with van der Waals surface area (Å²) in [5, 5.41) is 4.60. The monoisotopic (exact) mass is 530 g/mol. The van der Waals surface area contributed by atoms with Gasteiger partial charge in [0.15, 0.2) is 11.5 Å². The highest BCUT2D eigenvalue weighted by Gasteiger charge is 2.37. The second kappa shape index (κ2) is 10.8. The SMILES string of the molecule is COc1ccc(C(C)N2CC(C(C)Oc3nc(-c4ccc(OC)c(OC)c4)cn4nc(C)cc34)CC2=O)cc1. The molecule has 39 heavy (non-hydrogen) atoms. The van der Waals surface area contributed by atoms with Gasteiger partial charge < -0.3 is 23.8 Å². The number of carbonyl (C=O) groups is 1. The molecule has 1 amide bonds. The third-order valence-corrected chi connectivity index (χ3v) is 7.44. The molecule has 3 heterocycles. The molecule has 1 saturated heterocycles. The highest BCUT2D eigenvalue weighted by Crippen LogP contribution is 2.35. The first kappa shape index (κ1) is 26.3. The zero-order valence-electron chi connectivity index (χ0n) is 23.2. The molecule has 0 N–H and O–H groups in total. The van der Waals surface area contributed by atoms with Crippen LogP contribution in [0.4, 0.5) is 0 Å². The molecule has 0 aliphatic carbocycles. The number of hydrogen-bond donors (Lipinski definition) is 0. The van der Waals surface area contributed by atoms with E-state index in [-0.39, 0.29) is 24.0 Å². The van der Waals surface area contributed by atoms with Crippen LogP contribution in [0.1, 0.15) is 37.6 Å². The van der Waals surface area contributed by atoms with Crippen LogP contribution in [0.3, 0.4) is 0 Å². The van der Waals surface area contributed by atoms with Crippen LogP contribution in [-0.2, 0) is 4.79 Å². The van der Waals surface area contributed by atoms with E-state index in [0.717, 1.165) is 28.1 Å². The Morgan fingerprint density at radius 1 is 0.949 bits per heavy atom. The summed E-state index contributed by atoms with van der Waals surface area (Å²) < 4.78 is 24.4. The predicted molar refractivity (Wildman–Crippen MR) is 148 cm³/mol. The lowest BCUT2D eigenvalue weighted by atomic mass is 10.0. The van der Waals surface area contributed by atoms with Crippen molar-refractivity contribution in [1.29, 1.82) is 0 Å². The van der Waals surface area contributed by atoms with E-state index in [1.54, 1.807) is 25.8 Å².